The van der Waals surface area contributed by atoms with Crippen LogP contribution in [0, 0.1) is 5.82 Å². The van der Waals surface area contributed by atoms with E-state index in [2.05, 4.69) is 0 Å². The molecule has 0 aliphatic carbocycles. The number of hydrogen-bond donors (Lipinski definition) is 0. The van der Waals surface area contributed by atoms with E-state index in [-0.39, 0.29) is 23.9 Å². The maximum Gasteiger partial charge on any atom is 0.243 e. The maximum atomic E-state index is 13.1. The topological polar surface area (TPSA) is 70.8 Å². The Balaban J connectivity index is 1.76. The van der Waals surface area contributed by atoms with Crippen molar-refractivity contribution in [2.75, 3.05) is 13.6 Å². The monoisotopic (exact) mass is 416 g/mol. The summed E-state index contributed by atoms with van der Waals surface area (Å²) >= 11 is 0. The molecule has 0 aliphatic heterocycles. The normalized spacial score (nSPS) is 11.6. The molecule has 0 saturated heterocycles. The van der Waals surface area contributed by atoms with Crippen LogP contribution in [0.4, 0.5) is 4.39 Å². The van der Waals surface area contributed by atoms with Crippen molar-refractivity contribution >= 4 is 15.9 Å². The zero-order valence-corrected chi connectivity index (χ0v) is 16.7. The third kappa shape index (κ3) is 5.30. The molecule has 0 spiro atoms. The summed E-state index contributed by atoms with van der Waals surface area (Å²) in [5.74, 6) is -0.313. The lowest BCUT2D eigenvalue weighted by Gasteiger charge is -2.25. The second-order valence-corrected chi connectivity index (χ2v) is 8.57. The van der Waals surface area contributed by atoms with Crippen LogP contribution in [0.3, 0.4) is 0 Å². The van der Waals surface area contributed by atoms with Crippen LogP contribution in [0.15, 0.2) is 82.3 Å². The molecule has 0 bridgehead atoms. The molecule has 0 fully saturated rings. The first kappa shape index (κ1) is 20.8. The first-order valence-electron chi connectivity index (χ1n) is 8.92. The molecular formula is C21H21FN2O4S. The molecular weight excluding hydrogens is 395 g/mol. The Morgan fingerprint density at radius 3 is 2.28 bits per heavy atom. The number of amides is 1. The standard InChI is InChI=1S/C21H21FN2O4S/c1-23(29(26,27)20-11-9-18(22)10-12-20)16-21(25)24(15-19-8-5-13-28-19)14-17-6-3-2-4-7-17/h2-13H,14-16H2,1H3. The van der Waals surface area contributed by atoms with Gasteiger partial charge >= 0.3 is 0 Å². The van der Waals surface area contributed by atoms with Crippen molar-refractivity contribution in [2.45, 2.75) is 18.0 Å². The zero-order valence-electron chi connectivity index (χ0n) is 15.9. The van der Waals surface area contributed by atoms with E-state index in [1.165, 1.54) is 30.3 Å². The van der Waals surface area contributed by atoms with Crippen LogP contribution in [-0.4, -0.2) is 37.1 Å². The number of rotatable bonds is 8. The Hall–Kier alpha value is -2.97. The second kappa shape index (κ2) is 9.02. The molecule has 8 heteroatoms. The van der Waals surface area contributed by atoms with Gasteiger partial charge in [0, 0.05) is 13.6 Å². The molecule has 2 aromatic carbocycles. The average Bonchev–Trinajstić information content (AvgIpc) is 3.21. The highest BCUT2D eigenvalue weighted by Gasteiger charge is 2.26. The van der Waals surface area contributed by atoms with Crippen molar-refractivity contribution in [3.63, 3.8) is 0 Å². The molecule has 0 N–H and O–H groups in total. The SMILES string of the molecule is CN(CC(=O)N(Cc1ccccc1)Cc1ccco1)S(=O)(=O)c1ccc(F)cc1. The number of furan rings is 1. The van der Waals surface area contributed by atoms with Crippen LogP contribution in [0.5, 0.6) is 0 Å². The lowest BCUT2D eigenvalue weighted by molar-refractivity contribution is -0.132. The molecule has 0 radical (unpaired) electrons. The number of hydrogen-bond acceptors (Lipinski definition) is 4. The lowest BCUT2D eigenvalue weighted by Crippen LogP contribution is -2.40. The quantitative estimate of drug-likeness (QED) is 0.565. The molecule has 29 heavy (non-hydrogen) atoms. The van der Waals surface area contributed by atoms with Crippen LogP contribution in [0.2, 0.25) is 0 Å². The van der Waals surface area contributed by atoms with E-state index in [9.17, 15) is 17.6 Å². The predicted molar refractivity (Wildman–Crippen MR) is 106 cm³/mol. The Morgan fingerprint density at radius 1 is 0.966 bits per heavy atom. The van der Waals surface area contributed by atoms with E-state index in [4.69, 9.17) is 4.42 Å². The summed E-state index contributed by atoms with van der Waals surface area (Å²) in [7, 11) is -2.60. The number of benzene rings is 2. The molecule has 0 saturated carbocycles. The molecule has 0 unspecified atom stereocenters. The van der Waals surface area contributed by atoms with Crippen molar-refractivity contribution in [1.82, 2.24) is 9.21 Å². The van der Waals surface area contributed by atoms with E-state index in [1.54, 1.807) is 12.1 Å². The van der Waals surface area contributed by atoms with Gasteiger partial charge in [-0.25, -0.2) is 12.8 Å². The molecule has 6 nitrogen and oxygen atoms in total. The third-order valence-electron chi connectivity index (χ3n) is 4.38. The van der Waals surface area contributed by atoms with E-state index < -0.39 is 15.8 Å². The highest BCUT2D eigenvalue weighted by molar-refractivity contribution is 7.89. The maximum absolute atomic E-state index is 13.1. The number of sulfonamides is 1. The molecule has 3 aromatic rings. The van der Waals surface area contributed by atoms with Gasteiger partial charge in [0.1, 0.15) is 11.6 Å². The van der Waals surface area contributed by atoms with Crippen molar-refractivity contribution in [1.29, 1.82) is 0 Å². The van der Waals surface area contributed by atoms with Crippen LogP contribution in [0.25, 0.3) is 0 Å². The van der Waals surface area contributed by atoms with Gasteiger partial charge in [-0.3, -0.25) is 4.79 Å². The van der Waals surface area contributed by atoms with Crippen molar-refractivity contribution in [3.05, 3.63) is 90.1 Å². The van der Waals surface area contributed by atoms with Gasteiger partial charge in [-0.15, -0.1) is 0 Å². The summed E-state index contributed by atoms with van der Waals surface area (Å²) in [6, 6.07) is 17.4. The van der Waals surface area contributed by atoms with Gasteiger partial charge in [-0.1, -0.05) is 30.3 Å². The molecule has 152 valence electrons. The summed E-state index contributed by atoms with van der Waals surface area (Å²) in [6.07, 6.45) is 1.52. The average molecular weight is 416 g/mol. The number of carbonyl (C=O) groups excluding carboxylic acids is 1. The fraction of sp³-hybridized carbons (Fsp3) is 0.190. The molecule has 1 amide bonds. The fourth-order valence-corrected chi connectivity index (χ4v) is 3.91. The van der Waals surface area contributed by atoms with Crippen LogP contribution >= 0.6 is 0 Å². The number of nitrogens with zero attached hydrogens (tertiary/aromatic N) is 2. The fourth-order valence-electron chi connectivity index (χ4n) is 2.79. The Morgan fingerprint density at radius 2 is 1.66 bits per heavy atom. The van der Waals surface area contributed by atoms with Gasteiger partial charge in [-0.2, -0.15) is 4.31 Å². The summed E-state index contributed by atoms with van der Waals surface area (Å²) in [5.41, 5.74) is 0.913. The van der Waals surface area contributed by atoms with Crippen molar-refractivity contribution in [2.24, 2.45) is 0 Å². The smallest absolute Gasteiger partial charge is 0.243 e. The minimum Gasteiger partial charge on any atom is -0.467 e. The summed E-state index contributed by atoms with van der Waals surface area (Å²) in [4.78, 5) is 14.4. The molecule has 1 heterocycles. The molecule has 0 aliphatic rings. The van der Waals surface area contributed by atoms with Crippen LogP contribution in [-0.2, 0) is 27.9 Å². The number of likely N-dealkylation sites (N-methyl/N-ethyl adjacent to an activating group) is 1. The predicted octanol–water partition coefficient (Wildman–Crippen LogP) is 3.27. The highest BCUT2D eigenvalue weighted by Crippen LogP contribution is 2.16. The minimum absolute atomic E-state index is 0.0742. The summed E-state index contributed by atoms with van der Waals surface area (Å²) in [5, 5.41) is 0. The van der Waals surface area contributed by atoms with Gasteiger partial charge in [-0.05, 0) is 42.0 Å². The first-order chi connectivity index (χ1) is 13.9. The van der Waals surface area contributed by atoms with E-state index in [0.29, 0.717) is 12.3 Å². The van der Waals surface area contributed by atoms with Gasteiger partial charge in [0.05, 0.1) is 24.2 Å². The van der Waals surface area contributed by atoms with Crippen LogP contribution < -0.4 is 0 Å². The Kier molecular flexibility index (Phi) is 6.46. The Bertz CT molecular complexity index is 1040. The molecule has 0 atom stereocenters. The van der Waals surface area contributed by atoms with Crippen molar-refractivity contribution < 1.29 is 22.0 Å². The van der Waals surface area contributed by atoms with E-state index in [1.807, 2.05) is 30.3 Å². The van der Waals surface area contributed by atoms with Crippen LogP contribution in [0.1, 0.15) is 11.3 Å². The van der Waals surface area contributed by atoms with E-state index >= 15 is 0 Å². The number of halogens is 1. The summed E-state index contributed by atoms with van der Waals surface area (Å²) < 4.78 is 44.8. The summed E-state index contributed by atoms with van der Waals surface area (Å²) in [6.45, 7) is 0.170. The van der Waals surface area contributed by atoms with Crippen molar-refractivity contribution in [3.8, 4) is 0 Å². The first-order valence-corrected chi connectivity index (χ1v) is 10.4. The van der Waals surface area contributed by atoms with Gasteiger partial charge < -0.3 is 9.32 Å². The third-order valence-corrected chi connectivity index (χ3v) is 6.19. The van der Waals surface area contributed by atoms with Gasteiger partial charge in [0.25, 0.3) is 0 Å². The minimum atomic E-state index is -3.92. The second-order valence-electron chi connectivity index (χ2n) is 6.53. The largest absolute Gasteiger partial charge is 0.467 e. The highest BCUT2D eigenvalue weighted by atomic mass is 32.2. The zero-order chi connectivity index (χ0) is 20.9. The van der Waals surface area contributed by atoms with E-state index in [0.717, 1.165) is 22.0 Å². The van der Waals surface area contributed by atoms with Gasteiger partial charge in [0.2, 0.25) is 15.9 Å². The Labute approximate surface area is 169 Å². The van der Waals surface area contributed by atoms with Gasteiger partial charge in [0.15, 0.2) is 0 Å². The molecule has 1 aromatic heterocycles. The molecule has 3 rings (SSSR count). The number of carbonyl (C=O) groups is 1. The lowest BCUT2D eigenvalue weighted by atomic mass is 10.2.